The van der Waals surface area contributed by atoms with Crippen LogP contribution in [0.1, 0.15) is 72.2 Å². The van der Waals surface area contributed by atoms with Gasteiger partial charge in [-0.05, 0) is 49.9 Å². The Morgan fingerprint density at radius 2 is 1.68 bits per heavy atom. The van der Waals surface area contributed by atoms with Crippen LogP contribution in [-0.4, -0.2) is 33.2 Å². The number of nitrogens with one attached hydrogen (secondary N) is 1. The number of amides is 3. The summed E-state index contributed by atoms with van der Waals surface area (Å²) in [6.45, 7) is 10.4. The van der Waals surface area contributed by atoms with E-state index in [-0.39, 0.29) is 28.1 Å². The first kappa shape index (κ1) is 19.7. The van der Waals surface area contributed by atoms with Crippen molar-refractivity contribution in [2.45, 2.75) is 46.6 Å². The number of fused-ring (bicyclic) bond motifs is 1. The molecular weight excluding hydrogens is 356 g/mol. The average molecular weight is 380 g/mol. The van der Waals surface area contributed by atoms with E-state index in [1.54, 1.807) is 24.3 Å². The number of benzene rings is 1. The summed E-state index contributed by atoms with van der Waals surface area (Å²) >= 11 is 0. The number of imide groups is 1. The van der Waals surface area contributed by atoms with E-state index in [0.717, 1.165) is 11.3 Å². The van der Waals surface area contributed by atoms with Gasteiger partial charge in [0.15, 0.2) is 0 Å². The molecule has 3 amide bonds. The van der Waals surface area contributed by atoms with Gasteiger partial charge in [-0.3, -0.25) is 14.4 Å². The van der Waals surface area contributed by atoms with Gasteiger partial charge in [0.25, 0.3) is 17.7 Å². The van der Waals surface area contributed by atoms with Gasteiger partial charge in [0.1, 0.15) is 12.0 Å². The fourth-order valence-corrected chi connectivity index (χ4v) is 3.72. The largest absolute Gasteiger partial charge is 0.347 e. The molecule has 0 aliphatic carbocycles. The lowest BCUT2D eigenvalue weighted by molar-refractivity contribution is 0.0888. The van der Waals surface area contributed by atoms with E-state index >= 15 is 0 Å². The van der Waals surface area contributed by atoms with E-state index in [0.29, 0.717) is 11.3 Å². The Labute approximate surface area is 164 Å². The zero-order valence-electron chi connectivity index (χ0n) is 16.7. The minimum absolute atomic E-state index is 0.0784. The summed E-state index contributed by atoms with van der Waals surface area (Å²) in [6, 6.07) is 6.38. The molecule has 1 aromatic carbocycles. The van der Waals surface area contributed by atoms with Crippen molar-refractivity contribution in [1.29, 1.82) is 0 Å². The SMILES string of the molecule is CC(C)(C)CC(C)(C)NC(=O)c1ccc(N2C(=O)c3cncnc3C2=O)cc1. The summed E-state index contributed by atoms with van der Waals surface area (Å²) in [7, 11) is 0. The Hall–Kier alpha value is -3.09. The van der Waals surface area contributed by atoms with Gasteiger partial charge in [-0.25, -0.2) is 14.9 Å². The molecule has 0 fully saturated rings. The van der Waals surface area contributed by atoms with Crippen molar-refractivity contribution < 1.29 is 14.4 Å². The molecule has 146 valence electrons. The van der Waals surface area contributed by atoms with E-state index in [1.807, 2.05) is 13.8 Å². The summed E-state index contributed by atoms with van der Waals surface area (Å²) in [6.07, 6.45) is 3.39. The maximum Gasteiger partial charge on any atom is 0.284 e. The molecule has 7 heteroatoms. The summed E-state index contributed by atoms with van der Waals surface area (Å²) < 4.78 is 0. The quantitative estimate of drug-likeness (QED) is 0.822. The van der Waals surface area contributed by atoms with Crippen LogP contribution in [0.4, 0.5) is 5.69 Å². The maximum absolute atomic E-state index is 12.6. The van der Waals surface area contributed by atoms with Crippen molar-refractivity contribution in [2.75, 3.05) is 4.90 Å². The minimum Gasteiger partial charge on any atom is -0.347 e. The number of anilines is 1. The maximum atomic E-state index is 12.6. The molecule has 0 bridgehead atoms. The van der Waals surface area contributed by atoms with Crippen molar-refractivity contribution >= 4 is 23.4 Å². The number of carbonyl (C=O) groups is 3. The molecule has 2 aromatic rings. The average Bonchev–Trinajstić information content (AvgIpc) is 2.84. The molecule has 0 saturated carbocycles. The lowest BCUT2D eigenvalue weighted by Gasteiger charge is -2.33. The highest BCUT2D eigenvalue weighted by Gasteiger charge is 2.38. The van der Waals surface area contributed by atoms with Crippen LogP contribution in [0.15, 0.2) is 36.8 Å². The van der Waals surface area contributed by atoms with Gasteiger partial charge in [-0.2, -0.15) is 0 Å². The number of hydrogen-bond acceptors (Lipinski definition) is 5. The summed E-state index contributed by atoms with van der Waals surface area (Å²) in [5, 5.41) is 3.05. The second kappa shape index (κ2) is 6.82. The van der Waals surface area contributed by atoms with Gasteiger partial charge < -0.3 is 5.32 Å². The Kier molecular flexibility index (Phi) is 4.79. The fraction of sp³-hybridized carbons (Fsp3) is 0.381. The first-order valence-electron chi connectivity index (χ1n) is 9.10. The first-order valence-corrected chi connectivity index (χ1v) is 9.10. The summed E-state index contributed by atoms with van der Waals surface area (Å²) in [4.78, 5) is 46.3. The van der Waals surface area contributed by atoms with Crippen molar-refractivity contribution in [3.8, 4) is 0 Å². The van der Waals surface area contributed by atoms with E-state index < -0.39 is 11.8 Å². The van der Waals surface area contributed by atoms with Crippen LogP contribution in [0.2, 0.25) is 0 Å². The summed E-state index contributed by atoms with van der Waals surface area (Å²) in [5.74, 6) is -1.16. The number of carbonyl (C=O) groups excluding carboxylic acids is 3. The summed E-state index contributed by atoms with van der Waals surface area (Å²) in [5.41, 5.74) is 0.828. The van der Waals surface area contributed by atoms with E-state index in [9.17, 15) is 14.4 Å². The normalized spacial score (nSPS) is 14.2. The van der Waals surface area contributed by atoms with Crippen molar-refractivity contribution in [2.24, 2.45) is 5.41 Å². The van der Waals surface area contributed by atoms with Crippen LogP contribution < -0.4 is 10.2 Å². The van der Waals surface area contributed by atoms with E-state index in [2.05, 4.69) is 36.1 Å². The number of nitrogens with zero attached hydrogens (tertiary/aromatic N) is 3. The first-order chi connectivity index (χ1) is 13.0. The highest BCUT2D eigenvalue weighted by Crippen LogP contribution is 2.28. The van der Waals surface area contributed by atoms with Crippen LogP contribution >= 0.6 is 0 Å². The molecule has 0 atom stereocenters. The van der Waals surface area contributed by atoms with Gasteiger partial charge in [-0.15, -0.1) is 0 Å². The van der Waals surface area contributed by atoms with Crippen LogP contribution in [-0.2, 0) is 0 Å². The molecule has 0 saturated heterocycles. The molecule has 2 heterocycles. The highest BCUT2D eigenvalue weighted by atomic mass is 16.2. The van der Waals surface area contributed by atoms with Gasteiger partial charge in [0.05, 0.1) is 11.3 Å². The lowest BCUT2D eigenvalue weighted by atomic mass is 9.81. The molecule has 1 aliphatic heterocycles. The molecule has 1 N–H and O–H groups in total. The Bertz CT molecular complexity index is 908. The third kappa shape index (κ3) is 3.93. The second-order valence-corrected chi connectivity index (χ2v) is 8.85. The van der Waals surface area contributed by atoms with E-state index in [1.165, 1.54) is 12.5 Å². The van der Waals surface area contributed by atoms with Gasteiger partial charge in [0, 0.05) is 17.3 Å². The Morgan fingerprint density at radius 3 is 2.25 bits per heavy atom. The van der Waals surface area contributed by atoms with Crippen LogP contribution in [0.3, 0.4) is 0 Å². The predicted octanol–water partition coefficient (Wildman–Crippen LogP) is 3.22. The lowest BCUT2D eigenvalue weighted by Crippen LogP contribution is -2.45. The standard InChI is InChI=1S/C21H24N4O3/c1-20(2,3)11-21(4,5)24-17(26)13-6-8-14(9-7-13)25-18(27)15-10-22-12-23-16(15)19(25)28/h6-10,12H,11H2,1-5H3,(H,24,26). The second-order valence-electron chi connectivity index (χ2n) is 8.85. The molecule has 28 heavy (non-hydrogen) atoms. The number of aromatic nitrogens is 2. The van der Waals surface area contributed by atoms with E-state index in [4.69, 9.17) is 0 Å². The number of rotatable bonds is 4. The monoisotopic (exact) mass is 380 g/mol. The molecular formula is C21H24N4O3. The third-order valence-electron chi connectivity index (χ3n) is 4.36. The van der Waals surface area contributed by atoms with Crippen LogP contribution in [0.25, 0.3) is 0 Å². The van der Waals surface area contributed by atoms with Gasteiger partial charge in [-0.1, -0.05) is 20.8 Å². The van der Waals surface area contributed by atoms with Crippen molar-refractivity contribution in [3.63, 3.8) is 0 Å². The smallest absolute Gasteiger partial charge is 0.284 e. The molecule has 0 unspecified atom stereocenters. The van der Waals surface area contributed by atoms with Crippen LogP contribution in [0, 0.1) is 5.41 Å². The molecule has 1 aliphatic rings. The zero-order valence-corrected chi connectivity index (χ0v) is 16.7. The predicted molar refractivity (Wildman–Crippen MR) is 105 cm³/mol. The van der Waals surface area contributed by atoms with Gasteiger partial charge in [0.2, 0.25) is 0 Å². The highest BCUT2D eigenvalue weighted by molar-refractivity contribution is 6.33. The topological polar surface area (TPSA) is 92.3 Å². The third-order valence-corrected chi connectivity index (χ3v) is 4.36. The minimum atomic E-state index is -0.495. The zero-order chi connectivity index (χ0) is 20.7. The molecule has 0 radical (unpaired) electrons. The van der Waals surface area contributed by atoms with Crippen molar-refractivity contribution in [1.82, 2.24) is 15.3 Å². The molecule has 3 rings (SSSR count). The fourth-order valence-electron chi connectivity index (χ4n) is 3.72. The molecule has 7 nitrogen and oxygen atoms in total. The van der Waals surface area contributed by atoms with Gasteiger partial charge >= 0.3 is 0 Å². The Morgan fingerprint density at radius 1 is 1.04 bits per heavy atom. The van der Waals surface area contributed by atoms with Crippen molar-refractivity contribution in [3.05, 3.63) is 53.6 Å². The molecule has 0 spiro atoms. The van der Waals surface area contributed by atoms with Crippen LogP contribution in [0.5, 0.6) is 0 Å². The number of hydrogen-bond donors (Lipinski definition) is 1. The molecule has 1 aromatic heterocycles. The Balaban J connectivity index is 1.77.